The Kier molecular flexibility index (Phi) is 4.96. The van der Waals surface area contributed by atoms with E-state index in [1.807, 2.05) is 55.5 Å². The van der Waals surface area contributed by atoms with E-state index in [9.17, 15) is 20.2 Å². The Balaban J connectivity index is 1.69. The number of hydrogen-bond acceptors (Lipinski definition) is 6. The molecule has 0 bridgehead atoms. The number of carbonyl (C=O) groups excluding carboxylic acids is 1. The molecular formula is C22H14N4O3S. The number of fused-ring (bicyclic) bond motifs is 1. The quantitative estimate of drug-likeness (QED) is 0.360. The fourth-order valence-corrected chi connectivity index (χ4v) is 3.97. The smallest absolute Gasteiger partial charge is 0.270 e. The van der Waals surface area contributed by atoms with Gasteiger partial charge < -0.3 is 5.32 Å². The fourth-order valence-electron chi connectivity index (χ4n) is 3.01. The molecule has 0 aliphatic heterocycles. The van der Waals surface area contributed by atoms with Crippen molar-refractivity contribution in [2.75, 3.05) is 5.32 Å². The first-order valence-corrected chi connectivity index (χ1v) is 9.74. The summed E-state index contributed by atoms with van der Waals surface area (Å²) in [5.41, 5.74) is 2.88. The molecule has 1 amide bonds. The zero-order valence-electron chi connectivity index (χ0n) is 15.7. The van der Waals surface area contributed by atoms with Gasteiger partial charge in [-0.15, -0.1) is 11.3 Å². The van der Waals surface area contributed by atoms with Gasteiger partial charge in [0.05, 0.1) is 32.3 Å². The van der Waals surface area contributed by atoms with E-state index >= 15 is 0 Å². The number of nitriles is 1. The average molecular weight is 414 g/mol. The molecule has 0 saturated carbocycles. The van der Waals surface area contributed by atoms with Crippen LogP contribution < -0.4 is 5.32 Å². The van der Waals surface area contributed by atoms with Gasteiger partial charge in [0.15, 0.2) is 0 Å². The highest BCUT2D eigenvalue weighted by Gasteiger charge is 2.18. The van der Waals surface area contributed by atoms with Crippen molar-refractivity contribution < 1.29 is 9.72 Å². The molecule has 4 aromatic rings. The Morgan fingerprint density at radius 3 is 2.70 bits per heavy atom. The van der Waals surface area contributed by atoms with Crippen LogP contribution in [0.4, 0.5) is 11.4 Å². The van der Waals surface area contributed by atoms with Gasteiger partial charge in [-0.3, -0.25) is 14.9 Å². The molecule has 1 aromatic heterocycles. The van der Waals surface area contributed by atoms with Gasteiger partial charge in [0, 0.05) is 23.4 Å². The van der Waals surface area contributed by atoms with Gasteiger partial charge in [-0.2, -0.15) is 5.26 Å². The number of aryl methyl sites for hydroxylation is 1. The molecule has 7 nitrogen and oxygen atoms in total. The number of thiazole rings is 1. The van der Waals surface area contributed by atoms with Gasteiger partial charge >= 0.3 is 0 Å². The molecule has 8 heteroatoms. The zero-order chi connectivity index (χ0) is 21.3. The van der Waals surface area contributed by atoms with E-state index in [1.54, 1.807) is 11.3 Å². The van der Waals surface area contributed by atoms with Crippen LogP contribution in [0.3, 0.4) is 0 Å². The molecule has 0 radical (unpaired) electrons. The molecule has 146 valence electrons. The average Bonchev–Trinajstić information content (AvgIpc) is 3.19. The molecule has 0 aliphatic carbocycles. The van der Waals surface area contributed by atoms with E-state index in [0.29, 0.717) is 5.69 Å². The Morgan fingerprint density at radius 2 is 1.97 bits per heavy atom. The number of carbonyl (C=O) groups is 1. The predicted molar refractivity (Wildman–Crippen MR) is 116 cm³/mol. The summed E-state index contributed by atoms with van der Waals surface area (Å²) < 4.78 is 1.06. The van der Waals surface area contributed by atoms with Crippen LogP contribution in [-0.4, -0.2) is 15.8 Å². The lowest BCUT2D eigenvalue weighted by Gasteiger charge is -2.11. The van der Waals surface area contributed by atoms with Crippen molar-refractivity contribution in [1.82, 2.24) is 4.98 Å². The Hall–Kier alpha value is -4.09. The number of para-hydroxylation sites is 1. The normalized spacial score (nSPS) is 10.5. The van der Waals surface area contributed by atoms with Crippen LogP contribution >= 0.6 is 11.3 Å². The highest BCUT2D eigenvalue weighted by molar-refractivity contribution is 7.21. The molecule has 1 heterocycles. The van der Waals surface area contributed by atoms with Crippen molar-refractivity contribution >= 4 is 38.8 Å². The number of amides is 1. The number of nitrogens with zero attached hydrogens (tertiary/aromatic N) is 3. The third-order valence-corrected chi connectivity index (χ3v) is 5.69. The second-order valence-corrected chi connectivity index (χ2v) is 7.60. The van der Waals surface area contributed by atoms with E-state index in [1.165, 1.54) is 12.1 Å². The number of aromatic nitrogens is 1. The molecule has 0 fully saturated rings. The molecule has 0 spiro atoms. The molecule has 0 aliphatic rings. The number of hydrogen-bond donors (Lipinski definition) is 1. The molecule has 1 N–H and O–H groups in total. The standard InChI is InChI=1S/C22H14N4O3S/c1-13-6-7-14(22-25-18-4-2-3-5-20(18)30-22)10-19(13)24-21(27)17-11-16(26(28)29)9-8-15(17)12-23/h2-11H,1H3,(H,24,27). The van der Waals surface area contributed by atoms with Crippen LogP contribution in [0.1, 0.15) is 21.5 Å². The summed E-state index contributed by atoms with van der Waals surface area (Å²) in [6, 6.07) is 18.9. The highest BCUT2D eigenvalue weighted by Crippen LogP contribution is 2.32. The molecule has 0 unspecified atom stereocenters. The first-order valence-electron chi connectivity index (χ1n) is 8.93. The lowest BCUT2D eigenvalue weighted by Crippen LogP contribution is -2.14. The van der Waals surface area contributed by atoms with Crippen LogP contribution in [0.5, 0.6) is 0 Å². The number of anilines is 1. The van der Waals surface area contributed by atoms with Crippen molar-refractivity contribution in [2.45, 2.75) is 6.92 Å². The van der Waals surface area contributed by atoms with E-state index in [0.717, 1.165) is 32.4 Å². The minimum absolute atomic E-state index is 0.0449. The minimum atomic E-state index is -0.600. The van der Waals surface area contributed by atoms with Crippen molar-refractivity contribution in [3.8, 4) is 16.6 Å². The van der Waals surface area contributed by atoms with Crippen molar-refractivity contribution in [3.63, 3.8) is 0 Å². The second-order valence-electron chi connectivity index (χ2n) is 6.57. The molecule has 0 saturated heterocycles. The zero-order valence-corrected chi connectivity index (χ0v) is 16.6. The Labute approximate surface area is 175 Å². The third kappa shape index (κ3) is 3.62. The second kappa shape index (κ2) is 7.73. The van der Waals surface area contributed by atoms with Gasteiger partial charge in [-0.05, 0) is 36.8 Å². The number of non-ortho nitro benzene ring substituents is 1. The van der Waals surface area contributed by atoms with Crippen molar-refractivity contribution in [2.24, 2.45) is 0 Å². The van der Waals surface area contributed by atoms with E-state index in [2.05, 4.69) is 10.3 Å². The number of rotatable bonds is 4. The first-order chi connectivity index (χ1) is 14.5. The number of benzene rings is 3. The maximum absolute atomic E-state index is 12.8. The summed E-state index contributed by atoms with van der Waals surface area (Å²) in [6.45, 7) is 1.84. The lowest BCUT2D eigenvalue weighted by atomic mass is 10.1. The van der Waals surface area contributed by atoms with Gasteiger partial charge in [0.1, 0.15) is 5.01 Å². The van der Waals surface area contributed by atoms with Crippen LogP contribution in [-0.2, 0) is 0 Å². The summed E-state index contributed by atoms with van der Waals surface area (Å²) >= 11 is 1.55. The van der Waals surface area contributed by atoms with Gasteiger partial charge in [-0.1, -0.05) is 24.3 Å². The molecule has 0 atom stereocenters. The van der Waals surface area contributed by atoms with Gasteiger partial charge in [-0.25, -0.2) is 4.98 Å². The fraction of sp³-hybridized carbons (Fsp3) is 0.0455. The third-order valence-electron chi connectivity index (χ3n) is 4.61. The summed E-state index contributed by atoms with van der Waals surface area (Å²) in [7, 11) is 0. The SMILES string of the molecule is Cc1ccc(-c2nc3ccccc3s2)cc1NC(=O)c1cc([N+](=O)[O-])ccc1C#N. The monoisotopic (exact) mass is 414 g/mol. The number of nitrogens with one attached hydrogen (secondary N) is 1. The molecule has 4 rings (SSSR count). The topological polar surface area (TPSA) is 109 Å². The maximum Gasteiger partial charge on any atom is 0.270 e. The van der Waals surface area contributed by atoms with Crippen molar-refractivity contribution in [1.29, 1.82) is 5.26 Å². The largest absolute Gasteiger partial charge is 0.322 e. The molecular weight excluding hydrogens is 400 g/mol. The highest BCUT2D eigenvalue weighted by atomic mass is 32.1. The van der Waals surface area contributed by atoms with Crippen LogP contribution in [0, 0.1) is 28.4 Å². The van der Waals surface area contributed by atoms with Gasteiger partial charge in [0.25, 0.3) is 11.6 Å². The Bertz CT molecular complexity index is 1320. The Morgan fingerprint density at radius 1 is 1.17 bits per heavy atom. The number of nitro groups is 1. The summed E-state index contributed by atoms with van der Waals surface area (Å²) in [5.74, 6) is -0.584. The van der Waals surface area contributed by atoms with Crippen LogP contribution in [0.25, 0.3) is 20.8 Å². The summed E-state index contributed by atoms with van der Waals surface area (Å²) in [6.07, 6.45) is 0. The van der Waals surface area contributed by atoms with Crippen LogP contribution in [0.15, 0.2) is 60.7 Å². The maximum atomic E-state index is 12.8. The first kappa shape index (κ1) is 19.2. The van der Waals surface area contributed by atoms with E-state index in [4.69, 9.17) is 0 Å². The molecule has 30 heavy (non-hydrogen) atoms. The van der Waals surface area contributed by atoms with Gasteiger partial charge in [0.2, 0.25) is 0 Å². The van der Waals surface area contributed by atoms with E-state index in [-0.39, 0.29) is 16.8 Å². The van der Waals surface area contributed by atoms with Crippen LogP contribution in [0.2, 0.25) is 0 Å². The molecule has 3 aromatic carbocycles. The van der Waals surface area contributed by atoms with E-state index < -0.39 is 10.8 Å². The van der Waals surface area contributed by atoms with Crippen molar-refractivity contribution in [3.05, 3.63) is 87.5 Å². The summed E-state index contributed by atoms with van der Waals surface area (Å²) in [5, 5.41) is 23.9. The summed E-state index contributed by atoms with van der Waals surface area (Å²) in [4.78, 5) is 27.9. The number of nitro benzene ring substituents is 1. The predicted octanol–water partition coefficient (Wildman–Crippen LogP) is 5.30. The lowest BCUT2D eigenvalue weighted by molar-refractivity contribution is -0.384. The minimum Gasteiger partial charge on any atom is -0.322 e.